The molecule has 1 fully saturated rings. The maximum Gasteiger partial charge on any atom is 0.317 e. The zero-order valence-corrected chi connectivity index (χ0v) is 16.3. The van der Waals surface area contributed by atoms with E-state index in [9.17, 15) is 9.59 Å². The summed E-state index contributed by atoms with van der Waals surface area (Å²) in [6.45, 7) is 3.24. The van der Waals surface area contributed by atoms with Crippen LogP contribution in [-0.2, 0) is 17.6 Å². The average Bonchev–Trinajstić information content (AvgIpc) is 3.00. The minimum Gasteiger partial charge on any atom is -0.341 e. The molecule has 0 bridgehead atoms. The highest BCUT2D eigenvalue weighted by molar-refractivity contribution is 5.77. The van der Waals surface area contributed by atoms with Gasteiger partial charge in [-0.2, -0.15) is 0 Å². The highest BCUT2D eigenvalue weighted by Gasteiger charge is 2.21. The van der Waals surface area contributed by atoms with Crippen molar-refractivity contribution < 1.29 is 9.59 Å². The SMILES string of the molecule is O=C(CCc1ccccc1)N1CCCN(C(=O)NCCc2ccccc2)CC1. The van der Waals surface area contributed by atoms with Gasteiger partial charge in [-0.05, 0) is 30.4 Å². The Morgan fingerprint density at radius 2 is 1.32 bits per heavy atom. The van der Waals surface area contributed by atoms with Crippen molar-refractivity contribution in [2.75, 3.05) is 32.7 Å². The van der Waals surface area contributed by atoms with Crippen LogP contribution in [0, 0.1) is 0 Å². The molecule has 0 unspecified atom stereocenters. The van der Waals surface area contributed by atoms with E-state index >= 15 is 0 Å². The quantitative estimate of drug-likeness (QED) is 0.838. The van der Waals surface area contributed by atoms with Gasteiger partial charge in [0.15, 0.2) is 0 Å². The van der Waals surface area contributed by atoms with Crippen molar-refractivity contribution in [3.8, 4) is 0 Å². The number of hydrogen-bond donors (Lipinski definition) is 1. The fraction of sp³-hybridized carbons (Fsp3) is 0.391. The Balaban J connectivity index is 1.39. The number of rotatable bonds is 6. The van der Waals surface area contributed by atoms with Crippen molar-refractivity contribution in [1.82, 2.24) is 15.1 Å². The molecule has 0 atom stereocenters. The number of benzene rings is 2. The van der Waals surface area contributed by atoms with Gasteiger partial charge < -0.3 is 15.1 Å². The first-order valence-corrected chi connectivity index (χ1v) is 10.1. The number of carbonyl (C=O) groups is 2. The number of nitrogens with one attached hydrogen (secondary N) is 1. The summed E-state index contributed by atoms with van der Waals surface area (Å²) < 4.78 is 0. The van der Waals surface area contributed by atoms with Crippen molar-refractivity contribution in [2.24, 2.45) is 0 Å². The van der Waals surface area contributed by atoms with Gasteiger partial charge >= 0.3 is 6.03 Å². The maximum absolute atomic E-state index is 12.5. The minimum absolute atomic E-state index is 0.0329. The summed E-state index contributed by atoms with van der Waals surface area (Å²) in [5, 5.41) is 3.00. The normalized spacial score (nSPS) is 14.4. The van der Waals surface area contributed by atoms with Crippen LogP contribution in [0.1, 0.15) is 24.0 Å². The van der Waals surface area contributed by atoms with E-state index in [1.54, 1.807) is 0 Å². The Hall–Kier alpha value is -2.82. The minimum atomic E-state index is -0.0329. The predicted molar refractivity (Wildman–Crippen MR) is 111 cm³/mol. The number of urea groups is 1. The van der Waals surface area contributed by atoms with Crippen LogP contribution in [0.2, 0.25) is 0 Å². The van der Waals surface area contributed by atoms with Crippen molar-refractivity contribution in [2.45, 2.75) is 25.7 Å². The summed E-state index contributed by atoms with van der Waals surface area (Å²) in [5.41, 5.74) is 2.40. The van der Waals surface area contributed by atoms with Gasteiger partial charge in [0.05, 0.1) is 0 Å². The van der Waals surface area contributed by atoms with Crippen molar-refractivity contribution in [3.63, 3.8) is 0 Å². The second-order valence-corrected chi connectivity index (χ2v) is 7.17. The smallest absolute Gasteiger partial charge is 0.317 e. The fourth-order valence-corrected chi connectivity index (χ4v) is 3.49. The molecular formula is C23H29N3O2. The highest BCUT2D eigenvalue weighted by Crippen LogP contribution is 2.09. The summed E-state index contributed by atoms with van der Waals surface area (Å²) in [5.74, 6) is 0.176. The van der Waals surface area contributed by atoms with Crippen LogP contribution < -0.4 is 5.32 Å². The molecule has 0 spiro atoms. The van der Waals surface area contributed by atoms with Crippen molar-refractivity contribution in [1.29, 1.82) is 0 Å². The lowest BCUT2D eigenvalue weighted by Crippen LogP contribution is -2.43. The summed E-state index contributed by atoms with van der Waals surface area (Å²) in [7, 11) is 0. The van der Waals surface area contributed by atoms with Gasteiger partial charge in [0.1, 0.15) is 0 Å². The average molecular weight is 380 g/mol. The molecule has 3 rings (SSSR count). The molecule has 3 amide bonds. The standard InChI is InChI=1S/C23H29N3O2/c27-22(13-12-20-8-3-1-4-9-20)25-16-7-17-26(19-18-25)23(28)24-15-14-21-10-5-2-6-11-21/h1-6,8-11H,7,12-19H2,(H,24,28). The molecule has 1 aliphatic rings. The fourth-order valence-electron chi connectivity index (χ4n) is 3.49. The lowest BCUT2D eigenvalue weighted by Gasteiger charge is -2.22. The molecule has 1 N–H and O–H groups in total. The number of amides is 3. The molecule has 2 aromatic carbocycles. The zero-order valence-electron chi connectivity index (χ0n) is 16.3. The second kappa shape index (κ2) is 10.5. The Kier molecular flexibility index (Phi) is 7.47. The van der Waals surface area contributed by atoms with Crippen molar-refractivity contribution in [3.05, 3.63) is 71.8 Å². The van der Waals surface area contributed by atoms with E-state index in [1.807, 2.05) is 46.2 Å². The Morgan fingerprint density at radius 3 is 2.00 bits per heavy atom. The largest absolute Gasteiger partial charge is 0.341 e. The van der Waals surface area contributed by atoms with Crippen LogP contribution in [0.25, 0.3) is 0 Å². The Labute approximate surface area is 167 Å². The molecule has 5 nitrogen and oxygen atoms in total. The third-order valence-corrected chi connectivity index (χ3v) is 5.14. The molecule has 0 saturated carbocycles. The molecule has 5 heteroatoms. The third-order valence-electron chi connectivity index (χ3n) is 5.14. The molecule has 2 aromatic rings. The first kappa shape index (κ1) is 19.9. The van der Waals surface area contributed by atoms with E-state index in [0.717, 1.165) is 25.8 Å². The van der Waals surface area contributed by atoms with Crippen LogP contribution >= 0.6 is 0 Å². The van der Waals surface area contributed by atoms with Crippen LogP contribution in [0.3, 0.4) is 0 Å². The van der Waals surface area contributed by atoms with E-state index in [-0.39, 0.29) is 11.9 Å². The van der Waals surface area contributed by atoms with E-state index in [2.05, 4.69) is 29.6 Å². The number of carbonyl (C=O) groups excluding carboxylic acids is 2. The van der Waals surface area contributed by atoms with Crippen LogP contribution in [-0.4, -0.2) is 54.5 Å². The van der Waals surface area contributed by atoms with Crippen molar-refractivity contribution >= 4 is 11.9 Å². The lowest BCUT2D eigenvalue weighted by atomic mass is 10.1. The maximum atomic E-state index is 12.5. The number of hydrogen-bond acceptors (Lipinski definition) is 2. The van der Waals surface area contributed by atoms with Gasteiger partial charge in [0.2, 0.25) is 5.91 Å². The van der Waals surface area contributed by atoms with E-state index < -0.39 is 0 Å². The van der Waals surface area contributed by atoms with E-state index in [1.165, 1.54) is 11.1 Å². The van der Waals surface area contributed by atoms with Crippen LogP contribution in [0.4, 0.5) is 4.79 Å². The molecule has 1 saturated heterocycles. The summed E-state index contributed by atoms with van der Waals surface area (Å²) in [6, 6.07) is 20.2. The molecule has 1 heterocycles. The third kappa shape index (κ3) is 6.12. The van der Waals surface area contributed by atoms with Gasteiger partial charge in [-0.15, -0.1) is 0 Å². The van der Waals surface area contributed by atoms with E-state index in [4.69, 9.17) is 0 Å². The molecule has 28 heavy (non-hydrogen) atoms. The van der Waals surface area contributed by atoms with Gasteiger partial charge in [0.25, 0.3) is 0 Å². The summed E-state index contributed by atoms with van der Waals surface area (Å²) >= 11 is 0. The van der Waals surface area contributed by atoms with Crippen LogP contribution in [0.5, 0.6) is 0 Å². The molecule has 0 aromatic heterocycles. The second-order valence-electron chi connectivity index (χ2n) is 7.17. The predicted octanol–water partition coefficient (Wildman–Crippen LogP) is 3.11. The molecule has 0 aliphatic carbocycles. The zero-order chi connectivity index (χ0) is 19.6. The van der Waals surface area contributed by atoms with Gasteiger partial charge in [-0.3, -0.25) is 4.79 Å². The van der Waals surface area contributed by atoms with Gasteiger partial charge in [0, 0.05) is 39.1 Å². The highest BCUT2D eigenvalue weighted by atomic mass is 16.2. The molecular weight excluding hydrogens is 350 g/mol. The first-order valence-electron chi connectivity index (χ1n) is 10.1. The summed E-state index contributed by atoms with van der Waals surface area (Å²) in [4.78, 5) is 28.7. The van der Waals surface area contributed by atoms with E-state index in [0.29, 0.717) is 32.6 Å². The Morgan fingerprint density at radius 1 is 0.750 bits per heavy atom. The summed E-state index contributed by atoms with van der Waals surface area (Å²) in [6.07, 6.45) is 2.93. The monoisotopic (exact) mass is 379 g/mol. The Bertz CT molecular complexity index is 749. The molecule has 1 aliphatic heterocycles. The first-order chi connectivity index (χ1) is 13.7. The number of nitrogens with zero attached hydrogens (tertiary/aromatic N) is 2. The molecule has 148 valence electrons. The van der Waals surface area contributed by atoms with Gasteiger partial charge in [-0.25, -0.2) is 4.79 Å². The number of aryl methyl sites for hydroxylation is 1. The molecule has 0 radical (unpaired) electrons. The van der Waals surface area contributed by atoms with Crippen LogP contribution in [0.15, 0.2) is 60.7 Å². The lowest BCUT2D eigenvalue weighted by molar-refractivity contribution is -0.131. The topological polar surface area (TPSA) is 52.7 Å². The van der Waals surface area contributed by atoms with Gasteiger partial charge in [-0.1, -0.05) is 60.7 Å².